The molecule has 0 aromatic carbocycles. The van der Waals surface area contributed by atoms with Gasteiger partial charge in [-0.3, -0.25) is 9.78 Å². The fourth-order valence-electron chi connectivity index (χ4n) is 1.31. The number of rotatable bonds is 1. The number of nitrogens with zero attached hydrogens (tertiary/aromatic N) is 1. The molecule has 1 unspecified atom stereocenters. The first kappa shape index (κ1) is 9.45. The van der Waals surface area contributed by atoms with Crippen LogP contribution in [0.2, 0.25) is 0 Å². The summed E-state index contributed by atoms with van der Waals surface area (Å²) in [5.74, 6) is 0.548. The Morgan fingerprint density at radius 3 is 3.14 bits per heavy atom. The molecule has 0 spiro atoms. The van der Waals surface area contributed by atoms with Gasteiger partial charge in [-0.1, -0.05) is 6.92 Å². The topological polar surface area (TPSA) is 51.2 Å². The van der Waals surface area contributed by atoms with Gasteiger partial charge in [-0.15, -0.1) is 0 Å². The Hall–Kier alpha value is -1.10. The van der Waals surface area contributed by atoms with Crippen LogP contribution in [-0.2, 0) is 4.79 Å². The smallest absolute Gasteiger partial charge is 0.265 e. The van der Waals surface area contributed by atoms with Crippen LogP contribution in [0.5, 0.6) is 5.75 Å². The van der Waals surface area contributed by atoms with E-state index in [9.17, 15) is 4.79 Å². The number of anilines is 1. The van der Waals surface area contributed by atoms with Gasteiger partial charge in [-0.25, -0.2) is 0 Å². The van der Waals surface area contributed by atoms with Crippen molar-refractivity contribution in [2.45, 2.75) is 19.4 Å². The first-order valence-corrected chi connectivity index (χ1v) is 5.12. The van der Waals surface area contributed by atoms with E-state index in [-0.39, 0.29) is 5.91 Å². The quantitative estimate of drug-likeness (QED) is 0.836. The zero-order chi connectivity index (χ0) is 10.1. The van der Waals surface area contributed by atoms with Gasteiger partial charge in [-0.05, 0) is 22.4 Å². The highest BCUT2D eigenvalue weighted by atomic mass is 79.9. The summed E-state index contributed by atoms with van der Waals surface area (Å²) in [6.07, 6.45) is 3.47. The molecule has 2 rings (SSSR count). The molecule has 1 atom stereocenters. The Labute approximate surface area is 89.8 Å². The second-order valence-electron chi connectivity index (χ2n) is 3.00. The Morgan fingerprint density at radius 1 is 1.64 bits per heavy atom. The van der Waals surface area contributed by atoms with Crippen molar-refractivity contribution in [1.82, 2.24) is 4.98 Å². The molecule has 74 valence electrons. The summed E-state index contributed by atoms with van der Waals surface area (Å²) in [6, 6.07) is 0. The SMILES string of the molecule is CCC1Oc2c(Br)cncc2NC1=O. The molecular weight excluding hydrogens is 248 g/mol. The van der Waals surface area contributed by atoms with Crippen molar-refractivity contribution in [2.75, 3.05) is 5.32 Å². The van der Waals surface area contributed by atoms with E-state index in [1.165, 1.54) is 0 Å². The lowest BCUT2D eigenvalue weighted by Crippen LogP contribution is -2.36. The third kappa shape index (κ3) is 1.48. The van der Waals surface area contributed by atoms with Crippen LogP contribution in [0.1, 0.15) is 13.3 Å². The van der Waals surface area contributed by atoms with Gasteiger partial charge in [0.1, 0.15) is 5.69 Å². The number of pyridine rings is 1. The van der Waals surface area contributed by atoms with Gasteiger partial charge in [0.15, 0.2) is 11.9 Å². The van der Waals surface area contributed by atoms with E-state index in [2.05, 4.69) is 26.2 Å². The normalized spacial score (nSPS) is 19.6. The van der Waals surface area contributed by atoms with Crippen molar-refractivity contribution >= 4 is 27.5 Å². The van der Waals surface area contributed by atoms with Crippen molar-refractivity contribution in [3.8, 4) is 5.75 Å². The third-order valence-corrected chi connectivity index (χ3v) is 2.60. The van der Waals surface area contributed by atoms with Crippen LogP contribution in [0.4, 0.5) is 5.69 Å². The number of carbonyl (C=O) groups excluding carboxylic acids is 1. The molecule has 1 aromatic rings. The van der Waals surface area contributed by atoms with Gasteiger partial charge >= 0.3 is 0 Å². The Balaban J connectivity index is 2.40. The first-order chi connectivity index (χ1) is 6.72. The van der Waals surface area contributed by atoms with Crippen molar-refractivity contribution in [1.29, 1.82) is 0 Å². The lowest BCUT2D eigenvalue weighted by atomic mass is 10.2. The summed E-state index contributed by atoms with van der Waals surface area (Å²) < 4.78 is 6.28. The minimum atomic E-state index is -0.402. The highest BCUT2D eigenvalue weighted by molar-refractivity contribution is 9.10. The van der Waals surface area contributed by atoms with Gasteiger partial charge in [0.25, 0.3) is 5.91 Å². The molecule has 0 aliphatic carbocycles. The van der Waals surface area contributed by atoms with Gasteiger partial charge in [0, 0.05) is 6.20 Å². The number of halogens is 1. The molecule has 0 radical (unpaired) electrons. The molecule has 0 fully saturated rings. The molecule has 1 aliphatic heterocycles. The minimum absolute atomic E-state index is 0.111. The molecule has 4 nitrogen and oxygen atoms in total. The number of ether oxygens (including phenoxy) is 1. The van der Waals surface area contributed by atoms with Crippen molar-refractivity contribution < 1.29 is 9.53 Å². The van der Waals surface area contributed by atoms with Crippen molar-refractivity contribution in [2.24, 2.45) is 0 Å². The number of carbonyl (C=O) groups is 1. The van der Waals surface area contributed by atoms with Crippen LogP contribution in [-0.4, -0.2) is 17.0 Å². The molecule has 0 saturated heterocycles. The van der Waals surface area contributed by atoms with E-state index in [4.69, 9.17) is 4.74 Å². The molecule has 0 bridgehead atoms. The molecule has 2 heterocycles. The molecule has 0 saturated carbocycles. The Kier molecular flexibility index (Phi) is 2.41. The van der Waals surface area contributed by atoms with Crippen molar-refractivity contribution in [3.63, 3.8) is 0 Å². The van der Waals surface area contributed by atoms with Crippen LogP contribution in [0.15, 0.2) is 16.9 Å². The number of aromatic nitrogens is 1. The summed E-state index contributed by atoms with van der Waals surface area (Å²) in [6.45, 7) is 1.91. The molecule has 1 aliphatic rings. The van der Waals surface area contributed by atoms with E-state index < -0.39 is 6.10 Å². The highest BCUT2D eigenvalue weighted by Gasteiger charge is 2.27. The van der Waals surface area contributed by atoms with E-state index in [1.54, 1.807) is 12.4 Å². The number of amides is 1. The number of fused-ring (bicyclic) bond motifs is 1. The maximum absolute atomic E-state index is 11.4. The second kappa shape index (κ2) is 3.57. The molecule has 14 heavy (non-hydrogen) atoms. The summed E-state index contributed by atoms with van der Waals surface area (Å²) in [4.78, 5) is 15.4. The number of nitrogens with one attached hydrogen (secondary N) is 1. The fourth-order valence-corrected chi connectivity index (χ4v) is 1.73. The van der Waals surface area contributed by atoms with Crippen LogP contribution in [0, 0.1) is 0 Å². The van der Waals surface area contributed by atoms with E-state index in [1.807, 2.05) is 6.92 Å². The molecule has 1 N–H and O–H groups in total. The summed E-state index contributed by atoms with van der Waals surface area (Å²) in [7, 11) is 0. The maximum atomic E-state index is 11.4. The zero-order valence-electron chi connectivity index (χ0n) is 7.58. The first-order valence-electron chi connectivity index (χ1n) is 4.33. The molecule has 1 aromatic heterocycles. The zero-order valence-corrected chi connectivity index (χ0v) is 9.17. The number of hydrogen-bond acceptors (Lipinski definition) is 3. The van der Waals surface area contributed by atoms with Gasteiger partial charge in [-0.2, -0.15) is 0 Å². The van der Waals surface area contributed by atoms with Crippen LogP contribution < -0.4 is 10.1 Å². The monoisotopic (exact) mass is 256 g/mol. The highest BCUT2D eigenvalue weighted by Crippen LogP contribution is 2.35. The average Bonchev–Trinajstić information content (AvgIpc) is 2.17. The van der Waals surface area contributed by atoms with Crippen LogP contribution in [0.25, 0.3) is 0 Å². The molecular formula is C9H9BrN2O2. The van der Waals surface area contributed by atoms with Gasteiger partial charge < -0.3 is 10.1 Å². The predicted octanol–water partition coefficient (Wildman–Crippen LogP) is 1.95. The summed E-state index contributed by atoms with van der Waals surface area (Å²) in [5, 5.41) is 2.75. The van der Waals surface area contributed by atoms with E-state index in [0.29, 0.717) is 17.9 Å². The summed E-state index contributed by atoms with van der Waals surface area (Å²) in [5.41, 5.74) is 0.620. The van der Waals surface area contributed by atoms with Gasteiger partial charge in [0.05, 0.1) is 10.7 Å². The number of hydrogen-bond donors (Lipinski definition) is 1. The minimum Gasteiger partial charge on any atom is -0.477 e. The van der Waals surface area contributed by atoms with Crippen LogP contribution in [0.3, 0.4) is 0 Å². The van der Waals surface area contributed by atoms with E-state index in [0.717, 1.165) is 4.47 Å². The Morgan fingerprint density at radius 2 is 2.43 bits per heavy atom. The Bertz CT molecular complexity index is 381. The summed E-state index contributed by atoms with van der Waals surface area (Å²) >= 11 is 3.32. The van der Waals surface area contributed by atoms with Crippen molar-refractivity contribution in [3.05, 3.63) is 16.9 Å². The average molecular weight is 257 g/mol. The van der Waals surface area contributed by atoms with Gasteiger partial charge in [0.2, 0.25) is 0 Å². The maximum Gasteiger partial charge on any atom is 0.265 e. The lowest BCUT2D eigenvalue weighted by Gasteiger charge is -2.25. The molecule has 5 heteroatoms. The largest absolute Gasteiger partial charge is 0.477 e. The lowest BCUT2D eigenvalue weighted by molar-refractivity contribution is -0.123. The fraction of sp³-hybridized carbons (Fsp3) is 0.333. The standard InChI is InChI=1S/C9H9BrN2O2/c1-2-7-9(13)12-6-4-11-3-5(10)8(6)14-7/h3-4,7H,2H2,1H3,(H,12,13). The third-order valence-electron chi connectivity index (χ3n) is 2.03. The van der Waals surface area contributed by atoms with E-state index >= 15 is 0 Å². The van der Waals surface area contributed by atoms with Crippen LogP contribution >= 0.6 is 15.9 Å². The second-order valence-corrected chi connectivity index (χ2v) is 3.86. The predicted molar refractivity (Wildman–Crippen MR) is 55.3 cm³/mol. The molecule has 1 amide bonds.